The lowest BCUT2D eigenvalue weighted by molar-refractivity contribution is 0.0957. The molecule has 1 saturated carbocycles. The lowest BCUT2D eigenvalue weighted by atomic mass is 9.83. The quantitative estimate of drug-likeness (QED) is 0.329. The number of hydrogen-bond acceptors (Lipinski definition) is 6. The van der Waals surface area contributed by atoms with Crippen LogP contribution in [0, 0.1) is 10.8 Å². The third-order valence-electron chi connectivity index (χ3n) is 5.99. The van der Waals surface area contributed by atoms with Gasteiger partial charge in [0.1, 0.15) is 5.75 Å². The standard InChI is InChI=1S/C22H24N4O2S/c23-10-14(11-24)12-26-21(27)17-7-16-8-18(28-29)9-19(20(16)25-13-17)15-1-3-22(4-2-15)5-6-22/h1,7-11,13,23,29H,2-6,12,24H2,(H,26,27)/b14-11+,23-10?. The molecule has 0 saturated heterocycles. The summed E-state index contributed by atoms with van der Waals surface area (Å²) >= 11 is 3.97. The molecule has 0 bridgehead atoms. The number of aromatic nitrogens is 1. The molecule has 0 aliphatic heterocycles. The minimum atomic E-state index is -0.271. The van der Waals surface area contributed by atoms with Gasteiger partial charge >= 0.3 is 0 Å². The van der Waals surface area contributed by atoms with Crippen molar-refractivity contribution >= 4 is 41.5 Å². The first-order valence-electron chi connectivity index (χ1n) is 9.71. The van der Waals surface area contributed by atoms with Crippen LogP contribution in [-0.2, 0) is 0 Å². The second-order valence-electron chi connectivity index (χ2n) is 7.86. The van der Waals surface area contributed by atoms with Crippen molar-refractivity contribution in [3.05, 3.63) is 53.4 Å². The van der Waals surface area contributed by atoms with Gasteiger partial charge in [0.15, 0.2) is 0 Å². The fraction of sp³-hybridized carbons (Fsp3) is 0.318. The van der Waals surface area contributed by atoms with Gasteiger partial charge in [0.2, 0.25) is 0 Å². The average molecular weight is 409 g/mol. The summed E-state index contributed by atoms with van der Waals surface area (Å²) in [5.41, 5.74) is 10.1. The van der Waals surface area contributed by atoms with Gasteiger partial charge in [-0.1, -0.05) is 6.08 Å². The highest BCUT2D eigenvalue weighted by molar-refractivity contribution is 7.75. The van der Waals surface area contributed by atoms with Crippen LogP contribution in [0.3, 0.4) is 0 Å². The molecule has 1 heterocycles. The summed E-state index contributed by atoms with van der Waals surface area (Å²) in [5, 5.41) is 10.8. The van der Waals surface area contributed by atoms with Gasteiger partial charge in [-0.15, -0.1) is 0 Å². The Bertz CT molecular complexity index is 1040. The molecule has 0 unspecified atom stereocenters. The van der Waals surface area contributed by atoms with Crippen molar-refractivity contribution in [1.29, 1.82) is 5.41 Å². The Kier molecular flexibility index (Phi) is 5.32. The molecular formula is C22H24N4O2S. The zero-order chi connectivity index (χ0) is 20.4. The van der Waals surface area contributed by atoms with E-state index >= 15 is 0 Å². The Morgan fingerprint density at radius 2 is 2.17 bits per heavy atom. The number of hydrogen-bond donors (Lipinski definition) is 4. The van der Waals surface area contributed by atoms with E-state index in [-0.39, 0.29) is 12.5 Å². The monoisotopic (exact) mass is 408 g/mol. The van der Waals surface area contributed by atoms with Gasteiger partial charge in [0.25, 0.3) is 5.91 Å². The van der Waals surface area contributed by atoms with Gasteiger partial charge in [-0.05, 0) is 61.3 Å². The Morgan fingerprint density at radius 3 is 2.79 bits per heavy atom. The number of fused-ring (bicyclic) bond motifs is 1. The molecule has 1 spiro atoms. The first kappa shape index (κ1) is 19.5. The smallest absolute Gasteiger partial charge is 0.253 e. The second-order valence-corrected chi connectivity index (χ2v) is 8.04. The van der Waals surface area contributed by atoms with Gasteiger partial charge in [-0.2, -0.15) is 0 Å². The molecule has 2 aliphatic rings. The Morgan fingerprint density at radius 1 is 1.34 bits per heavy atom. The van der Waals surface area contributed by atoms with Crippen molar-refractivity contribution in [2.24, 2.45) is 11.1 Å². The van der Waals surface area contributed by atoms with Crippen molar-refractivity contribution < 1.29 is 8.98 Å². The van der Waals surface area contributed by atoms with E-state index < -0.39 is 0 Å². The zero-order valence-electron chi connectivity index (χ0n) is 16.1. The van der Waals surface area contributed by atoms with Crippen molar-refractivity contribution in [1.82, 2.24) is 10.3 Å². The number of allylic oxidation sites excluding steroid dienone is 2. The van der Waals surface area contributed by atoms with Crippen LogP contribution in [0.4, 0.5) is 0 Å². The number of thiol groups is 1. The summed E-state index contributed by atoms with van der Waals surface area (Å²) in [6.07, 6.45) is 12.4. The third-order valence-corrected chi connectivity index (χ3v) is 6.20. The molecule has 4 N–H and O–H groups in total. The van der Waals surface area contributed by atoms with Gasteiger partial charge in [0.05, 0.1) is 11.1 Å². The maximum Gasteiger partial charge on any atom is 0.253 e. The summed E-state index contributed by atoms with van der Waals surface area (Å²) < 4.78 is 5.21. The lowest BCUT2D eigenvalue weighted by Crippen LogP contribution is -2.26. The number of nitrogens with one attached hydrogen (secondary N) is 2. The lowest BCUT2D eigenvalue weighted by Gasteiger charge is -2.22. The number of pyridine rings is 1. The van der Waals surface area contributed by atoms with E-state index in [1.54, 1.807) is 12.3 Å². The number of rotatable bonds is 6. The highest BCUT2D eigenvalue weighted by atomic mass is 32.1. The number of benzene rings is 1. The first-order chi connectivity index (χ1) is 14.1. The minimum absolute atomic E-state index is 0.191. The normalized spacial score (nSPS) is 17.7. The molecule has 1 aromatic carbocycles. The fourth-order valence-corrected chi connectivity index (χ4v) is 4.01. The van der Waals surface area contributed by atoms with Crippen LogP contribution in [-0.4, -0.2) is 23.7 Å². The SMILES string of the molecule is N=C/C(=C\N)CNC(=O)c1cnc2c(C3=CCC4(CC3)CC4)cc(OS)cc2c1. The van der Waals surface area contributed by atoms with Crippen LogP contribution in [0.2, 0.25) is 0 Å². The van der Waals surface area contributed by atoms with Crippen LogP contribution in [0.1, 0.15) is 48.0 Å². The highest BCUT2D eigenvalue weighted by Gasteiger charge is 2.42. The number of amides is 1. The molecule has 2 aromatic rings. The molecule has 4 rings (SSSR count). The predicted molar refractivity (Wildman–Crippen MR) is 118 cm³/mol. The molecule has 150 valence electrons. The molecule has 1 aromatic heterocycles. The van der Waals surface area contributed by atoms with Crippen molar-refractivity contribution in [3.63, 3.8) is 0 Å². The Balaban J connectivity index is 1.65. The molecule has 2 aliphatic carbocycles. The highest BCUT2D eigenvalue weighted by Crippen LogP contribution is 2.56. The van der Waals surface area contributed by atoms with Crippen LogP contribution < -0.4 is 15.2 Å². The number of carbonyl (C=O) groups excluding carboxylic acids is 1. The topological polar surface area (TPSA) is 101 Å². The first-order valence-corrected chi connectivity index (χ1v) is 10.1. The number of nitrogens with two attached hydrogens (primary N) is 1. The van der Waals surface area contributed by atoms with Crippen LogP contribution >= 0.6 is 12.9 Å². The van der Waals surface area contributed by atoms with E-state index in [1.807, 2.05) is 12.1 Å². The Labute approximate surface area is 175 Å². The molecule has 7 heteroatoms. The van der Waals surface area contributed by atoms with Gasteiger partial charge < -0.3 is 20.6 Å². The molecular weight excluding hydrogens is 384 g/mol. The fourth-order valence-electron chi connectivity index (χ4n) is 3.91. The molecule has 6 nitrogen and oxygen atoms in total. The number of nitrogens with zero attached hydrogens (tertiary/aromatic N) is 1. The summed E-state index contributed by atoms with van der Waals surface area (Å²) in [5.74, 6) is 0.354. The zero-order valence-corrected chi connectivity index (χ0v) is 17.0. The molecule has 0 atom stereocenters. The average Bonchev–Trinajstić information content (AvgIpc) is 3.52. The van der Waals surface area contributed by atoms with E-state index in [0.29, 0.717) is 22.3 Å². The largest absolute Gasteiger partial charge is 0.429 e. The summed E-state index contributed by atoms with van der Waals surface area (Å²) in [7, 11) is 0. The second kappa shape index (κ2) is 7.91. The molecule has 1 fully saturated rings. The predicted octanol–water partition coefficient (Wildman–Crippen LogP) is 4.03. The van der Waals surface area contributed by atoms with Gasteiger partial charge in [-0.3, -0.25) is 9.78 Å². The summed E-state index contributed by atoms with van der Waals surface area (Å²) in [6, 6.07) is 5.62. The van der Waals surface area contributed by atoms with Gasteiger partial charge in [0, 0.05) is 54.6 Å². The third kappa shape index (κ3) is 4.00. The maximum absolute atomic E-state index is 12.5. The van der Waals surface area contributed by atoms with Crippen molar-refractivity contribution in [3.8, 4) is 5.75 Å². The van der Waals surface area contributed by atoms with E-state index in [1.165, 1.54) is 31.0 Å². The van der Waals surface area contributed by atoms with E-state index in [2.05, 4.69) is 29.3 Å². The van der Waals surface area contributed by atoms with Crippen molar-refractivity contribution in [2.45, 2.75) is 32.1 Å². The number of carbonyl (C=O) groups is 1. The molecule has 29 heavy (non-hydrogen) atoms. The van der Waals surface area contributed by atoms with Crippen LogP contribution in [0.5, 0.6) is 5.75 Å². The van der Waals surface area contributed by atoms with Crippen LogP contribution in [0.15, 0.2) is 42.2 Å². The van der Waals surface area contributed by atoms with E-state index in [4.69, 9.17) is 15.3 Å². The van der Waals surface area contributed by atoms with Gasteiger partial charge in [-0.25, -0.2) is 0 Å². The maximum atomic E-state index is 12.5. The minimum Gasteiger partial charge on any atom is -0.429 e. The van der Waals surface area contributed by atoms with E-state index in [0.717, 1.165) is 35.5 Å². The summed E-state index contributed by atoms with van der Waals surface area (Å²) in [4.78, 5) is 17.1. The summed E-state index contributed by atoms with van der Waals surface area (Å²) in [6.45, 7) is 0.191. The van der Waals surface area contributed by atoms with E-state index in [9.17, 15) is 4.79 Å². The Hall–Kier alpha value is -2.80. The van der Waals surface area contributed by atoms with Crippen LogP contribution in [0.25, 0.3) is 16.5 Å². The molecule has 0 radical (unpaired) electrons. The van der Waals surface area contributed by atoms with Crippen molar-refractivity contribution in [2.75, 3.05) is 6.54 Å². The molecule has 1 amide bonds.